The molecule has 110 valence electrons. The molecule has 0 aromatic heterocycles. The second-order valence-corrected chi connectivity index (χ2v) is 5.40. The molecule has 0 unspecified atom stereocenters. The Kier molecular flexibility index (Phi) is 6.22. The van der Waals surface area contributed by atoms with E-state index in [-0.39, 0.29) is 5.91 Å². The number of rotatable bonds is 7. The van der Waals surface area contributed by atoms with E-state index < -0.39 is 11.9 Å². The SMILES string of the molecule is CCC(=O)N(CC(C)C)[C@H](Cc1ccccc1)C(N)=O. The maximum atomic E-state index is 12.1. The van der Waals surface area contributed by atoms with E-state index in [0.717, 1.165) is 5.56 Å². The lowest BCUT2D eigenvalue weighted by molar-refractivity contribution is -0.139. The number of nitrogens with two attached hydrogens (primary N) is 1. The smallest absolute Gasteiger partial charge is 0.240 e. The molecule has 1 atom stereocenters. The van der Waals surface area contributed by atoms with Crippen LogP contribution in [0.5, 0.6) is 0 Å². The molecular formula is C16H24N2O2. The Morgan fingerprint density at radius 2 is 1.80 bits per heavy atom. The highest BCUT2D eigenvalue weighted by atomic mass is 16.2. The number of hydrogen-bond acceptors (Lipinski definition) is 2. The predicted octanol–water partition coefficient (Wildman–Crippen LogP) is 1.98. The minimum absolute atomic E-state index is 0.0292. The molecule has 0 aliphatic carbocycles. The molecule has 0 fully saturated rings. The Labute approximate surface area is 121 Å². The summed E-state index contributed by atoms with van der Waals surface area (Å²) in [5.41, 5.74) is 6.53. The standard InChI is InChI=1S/C16H24N2O2/c1-4-15(19)18(11-12(2)3)14(16(17)20)10-13-8-6-5-7-9-13/h5-9,12,14H,4,10-11H2,1-3H3,(H2,17,20)/t14-/m1/s1. The van der Waals surface area contributed by atoms with Crippen LogP contribution in [0, 0.1) is 5.92 Å². The number of benzene rings is 1. The minimum Gasteiger partial charge on any atom is -0.368 e. The molecule has 1 rings (SSSR count). The summed E-state index contributed by atoms with van der Waals surface area (Å²) in [4.78, 5) is 25.5. The van der Waals surface area contributed by atoms with Crippen LogP contribution < -0.4 is 5.73 Å². The molecule has 0 saturated heterocycles. The van der Waals surface area contributed by atoms with Crippen LogP contribution in [0.1, 0.15) is 32.8 Å². The Hall–Kier alpha value is -1.84. The molecule has 0 aliphatic rings. The first-order valence-corrected chi connectivity index (χ1v) is 7.08. The average molecular weight is 276 g/mol. The number of carbonyl (C=O) groups is 2. The highest BCUT2D eigenvalue weighted by Crippen LogP contribution is 2.13. The number of carbonyl (C=O) groups excluding carboxylic acids is 2. The van der Waals surface area contributed by atoms with E-state index in [1.807, 2.05) is 44.2 Å². The van der Waals surface area contributed by atoms with Crippen molar-refractivity contribution in [2.45, 2.75) is 39.7 Å². The third-order valence-electron chi connectivity index (χ3n) is 3.16. The van der Waals surface area contributed by atoms with Crippen molar-refractivity contribution in [2.75, 3.05) is 6.54 Å². The van der Waals surface area contributed by atoms with Crippen LogP contribution in [0.2, 0.25) is 0 Å². The Balaban J connectivity index is 2.95. The van der Waals surface area contributed by atoms with Gasteiger partial charge in [0, 0.05) is 19.4 Å². The first-order chi connectivity index (χ1) is 9.45. The molecule has 0 saturated carbocycles. The van der Waals surface area contributed by atoms with Gasteiger partial charge in [0.1, 0.15) is 6.04 Å². The summed E-state index contributed by atoms with van der Waals surface area (Å²) >= 11 is 0. The molecule has 1 aromatic rings. The van der Waals surface area contributed by atoms with Crippen molar-refractivity contribution >= 4 is 11.8 Å². The van der Waals surface area contributed by atoms with Gasteiger partial charge in [0.05, 0.1) is 0 Å². The maximum Gasteiger partial charge on any atom is 0.240 e. The van der Waals surface area contributed by atoms with E-state index in [9.17, 15) is 9.59 Å². The molecule has 2 amide bonds. The lowest BCUT2D eigenvalue weighted by atomic mass is 10.0. The number of primary amides is 1. The van der Waals surface area contributed by atoms with Crippen LogP contribution in [0.3, 0.4) is 0 Å². The molecule has 1 aromatic carbocycles. The van der Waals surface area contributed by atoms with E-state index in [0.29, 0.717) is 25.3 Å². The zero-order valence-corrected chi connectivity index (χ0v) is 12.5. The molecule has 0 heterocycles. The second kappa shape index (κ2) is 7.68. The van der Waals surface area contributed by atoms with Crippen LogP contribution in [-0.2, 0) is 16.0 Å². The molecule has 0 aliphatic heterocycles. The molecule has 4 nitrogen and oxygen atoms in total. The van der Waals surface area contributed by atoms with Gasteiger partial charge >= 0.3 is 0 Å². The highest BCUT2D eigenvalue weighted by molar-refractivity contribution is 5.86. The first-order valence-electron chi connectivity index (χ1n) is 7.08. The Bertz CT molecular complexity index is 443. The van der Waals surface area contributed by atoms with E-state index in [4.69, 9.17) is 5.73 Å². The third-order valence-corrected chi connectivity index (χ3v) is 3.16. The van der Waals surface area contributed by atoms with Crippen LogP contribution in [0.25, 0.3) is 0 Å². The predicted molar refractivity (Wildman–Crippen MR) is 80.0 cm³/mol. The quantitative estimate of drug-likeness (QED) is 0.827. The van der Waals surface area contributed by atoms with Gasteiger partial charge in [0.25, 0.3) is 0 Å². The van der Waals surface area contributed by atoms with E-state index in [2.05, 4.69) is 0 Å². The van der Waals surface area contributed by atoms with Crippen LogP contribution in [0.4, 0.5) is 0 Å². The lowest BCUT2D eigenvalue weighted by Crippen LogP contribution is -2.50. The van der Waals surface area contributed by atoms with Crippen molar-refractivity contribution in [1.29, 1.82) is 0 Å². The van der Waals surface area contributed by atoms with E-state index in [1.165, 1.54) is 0 Å². The molecule has 0 radical (unpaired) electrons. The number of amides is 2. The lowest BCUT2D eigenvalue weighted by Gasteiger charge is -2.31. The molecule has 0 bridgehead atoms. The maximum absolute atomic E-state index is 12.1. The van der Waals surface area contributed by atoms with Gasteiger partial charge in [0.2, 0.25) is 11.8 Å². The minimum atomic E-state index is -0.577. The summed E-state index contributed by atoms with van der Waals surface area (Å²) in [5.74, 6) is -0.183. The fraction of sp³-hybridized carbons (Fsp3) is 0.500. The van der Waals surface area contributed by atoms with Crippen molar-refractivity contribution < 1.29 is 9.59 Å². The summed E-state index contributed by atoms with van der Waals surface area (Å²) in [6, 6.07) is 9.07. The van der Waals surface area contributed by atoms with Crippen LogP contribution >= 0.6 is 0 Å². The Morgan fingerprint density at radius 1 is 1.20 bits per heavy atom. The number of hydrogen-bond donors (Lipinski definition) is 1. The van der Waals surface area contributed by atoms with Crippen molar-refractivity contribution in [1.82, 2.24) is 4.90 Å². The van der Waals surface area contributed by atoms with Crippen molar-refractivity contribution in [2.24, 2.45) is 11.7 Å². The van der Waals surface area contributed by atoms with Gasteiger partial charge in [-0.2, -0.15) is 0 Å². The first kappa shape index (κ1) is 16.2. The van der Waals surface area contributed by atoms with Crippen molar-refractivity contribution in [3.63, 3.8) is 0 Å². The monoisotopic (exact) mass is 276 g/mol. The van der Waals surface area contributed by atoms with Gasteiger partial charge in [-0.15, -0.1) is 0 Å². The van der Waals surface area contributed by atoms with Crippen LogP contribution in [0.15, 0.2) is 30.3 Å². The average Bonchev–Trinajstić information content (AvgIpc) is 2.42. The van der Waals surface area contributed by atoms with Gasteiger partial charge in [-0.1, -0.05) is 51.1 Å². The third kappa shape index (κ3) is 4.68. The van der Waals surface area contributed by atoms with Gasteiger partial charge in [0.15, 0.2) is 0 Å². The molecular weight excluding hydrogens is 252 g/mol. The van der Waals surface area contributed by atoms with Gasteiger partial charge in [-0.05, 0) is 11.5 Å². The molecule has 20 heavy (non-hydrogen) atoms. The summed E-state index contributed by atoms with van der Waals surface area (Å²) < 4.78 is 0. The normalized spacial score (nSPS) is 12.2. The van der Waals surface area contributed by atoms with E-state index >= 15 is 0 Å². The van der Waals surface area contributed by atoms with Gasteiger partial charge in [-0.3, -0.25) is 9.59 Å². The second-order valence-electron chi connectivity index (χ2n) is 5.40. The topological polar surface area (TPSA) is 63.4 Å². The summed E-state index contributed by atoms with van der Waals surface area (Å²) in [6.07, 6.45) is 0.847. The zero-order valence-electron chi connectivity index (χ0n) is 12.5. The van der Waals surface area contributed by atoms with Crippen molar-refractivity contribution in [3.05, 3.63) is 35.9 Å². The Morgan fingerprint density at radius 3 is 2.25 bits per heavy atom. The van der Waals surface area contributed by atoms with E-state index in [1.54, 1.807) is 11.8 Å². The highest BCUT2D eigenvalue weighted by Gasteiger charge is 2.27. The molecule has 0 spiro atoms. The molecule has 2 N–H and O–H groups in total. The summed E-state index contributed by atoms with van der Waals surface area (Å²) in [6.45, 7) is 6.40. The van der Waals surface area contributed by atoms with Gasteiger partial charge < -0.3 is 10.6 Å². The summed E-state index contributed by atoms with van der Waals surface area (Å²) in [7, 11) is 0. The molecule has 4 heteroatoms. The van der Waals surface area contributed by atoms with Crippen molar-refractivity contribution in [3.8, 4) is 0 Å². The zero-order chi connectivity index (χ0) is 15.1. The fourth-order valence-corrected chi connectivity index (χ4v) is 2.20. The largest absolute Gasteiger partial charge is 0.368 e. The van der Waals surface area contributed by atoms with Gasteiger partial charge in [-0.25, -0.2) is 0 Å². The number of nitrogens with zero attached hydrogens (tertiary/aromatic N) is 1. The fourth-order valence-electron chi connectivity index (χ4n) is 2.20. The summed E-state index contributed by atoms with van der Waals surface area (Å²) in [5, 5.41) is 0. The van der Waals surface area contributed by atoms with Crippen LogP contribution in [-0.4, -0.2) is 29.3 Å².